The Morgan fingerprint density at radius 2 is 2.28 bits per heavy atom. The number of aromatic nitrogens is 3. The molecule has 2 rings (SSSR count). The van der Waals surface area contributed by atoms with Crippen molar-refractivity contribution in [3.8, 4) is 0 Å². The molecule has 2 heterocycles. The van der Waals surface area contributed by atoms with Gasteiger partial charge in [0, 0.05) is 18.8 Å². The van der Waals surface area contributed by atoms with Crippen LogP contribution in [0.4, 0.5) is 0 Å². The van der Waals surface area contributed by atoms with Crippen LogP contribution >= 0.6 is 22.9 Å². The lowest BCUT2D eigenvalue weighted by atomic mass is 10.4. The van der Waals surface area contributed by atoms with Crippen molar-refractivity contribution in [2.45, 2.75) is 33.4 Å². The van der Waals surface area contributed by atoms with E-state index in [0.717, 1.165) is 41.1 Å². The van der Waals surface area contributed by atoms with Gasteiger partial charge in [0.15, 0.2) is 0 Å². The predicted molar refractivity (Wildman–Crippen MR) is 75.1 cm³/mol. The summed E-state index contributed by atoms with van der Waals surface area (Å²) in [7, 11) is 0. The normalized spacial score (nSPS) is 11.1. The number of thiazole rings is 1. The van der Waals surface area contributed by atoms with Gasteiger partial charge in [-0.15, -0.1) is 11.3 Å². The van der Waals surface area contributed by atoms with Gasteiger partial charge in [-0.2, -0.15) is 5.10 Å². The van der Waals surface area contributed by atoms with Gasteiger partial charge in [-0.1, -0.05) is 11.6 Å². The number of halogens is 1. The Bertz CT molecular complexity index is 506. The molecule has 0 spiro atoms. The Morgan fingerprint density at radius 1 is 1.44 bits per heavy atom. The summed E-state index contributed by atoms with van der Waals surface area (Å²) in [5, 5.41) is 8.82. The quantitative estimate of drug-likeness (QED) is 0.830. The van der Waals surface area contributed by atoms with Crippen LogP contribution in [0.5, 0.6) is 0 Å². The minimum atomic E-state index is 0.745. The fraction of sp³-hybridized carbons (Fsp3) is 0.500. The molecule has 0 aliphatic heterocycles. The topological polar surface area (TPSA) is 42.7 Å². The molecule has 0 atom stereocenters. The Balaban J connectivity index is 1.66. The molecule has 18 heavy (non-hydrogen) atoms. The Kier molecular flexibility index (Phi) is 4.74. The van der Waals surface area contributed by atoms with Crippen molar-refractivity contribution in [3.05, 3.63) is 33.0 Å². The number of hydrogen-bond donors (Lipinski definition) is 1. The smallest absolute Gasteiger partial charge is 0.113 e. The van der Waals surface area contributed by atoms with Gasteiger partial charge in [-0.3, -0.25) is 4.68 Å². The second kappa shape index (κ2) is 6.31. The lowest BCUT2D eigenvalue weighted by molar-refractivity contribution is 0.532. The molecular formula is C12H17ClN4S. The first-order valence-electron chi connectivity index (χ1n) is 5.97. The van der Waals surface area contributed by atoms with Crippen LogP contribution in [0.1, 0.15) is 22.8 Å². The zero-order valence-corrected chi connectivity index (χ0v) is 12.2. The highest BCUT2D eigenvalue weighted by Gasteiger charge is 2.01. The fourth-order valence-corrected chi connectivity index (χ4v) is 2.75. The van der Waals surface area contributed by atoms with Crippen molar-refractivity contribution in [2.24, 2.45) is 0 Å². The maximum absolute atomic E-state index is 5.82. The maximum atomic E-state index is 5.82. The summed E-state index contributed by atoms with van der Waals surface area (Å²) in [6.45, 7) is 6.80. The molecule has 0 radical (unpaired) electrons. The van der Waals surface area contributed by atoms with E-state index in [1.54, 1.807) is 6.20 Å². The fourth-order valence-electron chi connectivity index (χ4n) is 1.82. The van der Waals surface area contributed by atoms with Crippen molar-refractivity contribution in [3.63, 3.8) is 0 Å². The van der Waals surface area contributed by atoms with Crippen LogP contribution in [0.3, 0.4) is 0 Å². The highest BCUT2D eigenvalue weighted by Crippen LogP contribution is 2.17. The molecule has 0 unspecified atom stereocenters. The van der Waals surface area contributed by atoms with Crippen molar-refractivity contribution >= 4 is 22.9 Å². The number of aryl methyl sites for hydroxylation is 3. The summed E-state index contributed by atoms with van der Waals surface area (Å²) in [5.74, 6) is 0. The minimum Gasteiger partial charge on any atom is -0.310 e. The maximum Gasteiger partial charge on any atom is 0.113 e. The largest absolute Gasteiger partial charge is 0.310 e. The van der Waals surface area contributed by atoms with Gasteiger partial charge in [-0.05, 0) is 32.9 Å². The van der Waals surface area contributed by atoms with Gasteiger partial charge in [0.2, 0.25) is 0 Å². The van der Waals surface area contributed by atoms with Crippen LogP contribution in [-0.4, -0.2) is 21.3 Å². The summed E-state index contributed by atoms with van der Waals surface area (Å²) in [5.41, 5.74) is 2.30. The molecule has 0 aliphatic rings. The molecule has 0 amide bonds. The van der Waals surface area contributed by atoms with Gasteiger partial charge in [0.1, 0.15) is 9.34 Å². The second-order valence-corrected chi connectivity index (χ2v) is 5.99. The van der Waals surface area contributed by atoms with E-state index < -0.39 is 0 Å². The van der Waals surface area contributed by atoms with E-state index in [0.29, 0.717) is 0 Å². The summed E-state index contributed by atoms with van der Waals surface area (Å²) in [6.07, 6.45) is 2.75. The standard InChI is InChI=1S/C12H17ClN4S/c1-9-6-10(2)17(16-9)5-3-4-14-8-12-15-7-11(13)18-12/h6-7,14H,3-5,8H2,1-2H3. The molecule has 0 aliphatic carbocycles. The van der Waals surface area contributed by atoms with Gasteiger partial charge in [-0.25, -0.2) is 4.98 Å². The van der Waals surface area contributed by atoms with Crippen LogP contribution in [0.25, 0.3) is 0 Å². The van der Waals surface area contributed by atoms with Gasteiger partial charge < -0.3 is 5.32 Å². The monoisotopic (exact) mass is 284 g/mol. The highest BCUT2D eigenvalue weighted by atomic mass is 35.5. The third-order valence-corrected chi connectivity index (χ3v) is 3.74. The second-order valence-electron chi connectivity index (χ2n) is 4.24. The van der Waals surface area contributed by atoms with E-state index in [1.165, 1.54) is 17.0 Å². The average Bonchev–Trinajstić information content (AvgIpc) is 2.85. The Labute approximate surface area is 116 Å². The first kappa shape index (κ1) is 13.5. The van der Waals surface area contributed by atoms with Gasteiger partial charge in [0.05, 0.1) is 11.9 Å². The molecule has 2 aromatic rings. The van der Waals surface area contributed by atoms with Gasteiger partial charge >= 0.3 is 0 Å². The molecule has 0 fully saturated rings. The number of nitrogens with zero attached hydrogens (tertiary/aromatic N) is 3. The third-order valence-electron chi connectivity index (χ3n) is 2.63. The van der Waals surface area contributed by atoms with Gasteiger partial charge in [0.25, 0.3) is 0 Å². The van der Waals surface area contributed by atoms with E-state index in [1.807, 2.05) is 6.92 Å². The molecule has 6 heteroatoms. The SMILES string of the molecule is Cc1cc(C)n(CCCNCc2ncc(Cl)s2)n1. The average molecular weight is 285 g/mol. The predicted octanol–water partition coefficient (Wildman–Crippen LogP) is 2.79. The van der Waals surface area contributed by atoms with Crippen molar-refractivity contribution in [1.82, 2.24) is 20.1 Å². The zero-order chi connectivity index (χ0) is 13.0. The Morgan fingerprint density at radius 3 is 2.89 bits per heavy atom. The molecule has 98 valence electrons. The van der Waals surface area contributed by atoms with Crippen LogP contribution in [0.15, 0.2) is 12.3 Å². The molecule has 1 N–H and O–H groups in total. The molecule has 0 bridgehead atoms. The zero-order valence-electron chi connectivity index (χ0n) is 10.6. The number of hydrogen-bond acceptors (Lipinski definition) is 4. The summed E-state index contributed by atoms with van der Waals surface area (Å²) in [4.78, 5) is 4.20. The molecule has 4 nitrogen and oxygen atoms in total. The number of nitrogens with one attached hydrogen (secondary N) is 1. The molecule has 0 saturated heterocycles. The van der Waals surface area contributed by atoms with Crippen molar-refractivity contribution in [2.75, 3.05) is 6.54 Å². The first-order valence-corrected chi connectivity index (χ1v) is 7.16. The summed E-state index contributed by atoms with van der Waals surface area (Å²) in [6, 6.07) is 2.10. The van der Waals surface area contributed by atoms with Crippen LogP contribution in [0.2, 0.25) is 4.34 Å². The highest BCUT2D eigenvalue weighted by molar-refractivity contribution is 7.15. The number of rotatable bonds is 6. The minimum absolute atomic E-state index is 0.745. The van der Waals surface area contributed by atoms with Crippen molar-refractivity contribution in [1.29, 1.82) is 0 Å². The summed E-state index contributed by atoms with van der Waals surface area (Å²) < 4.78 is 2.80. The third kappa shape index (κ3) is 3.80. The molecular weight excluding hydrogens is 268 g/mol. The van der Waals surface area contributed by atoms with E-state index in [9.17, 15) is 0 Å². The van der Waals surface area contributed by atoms with Crippen molar-refractivity contribution < 1.29 is 0 Å². The van der Waals surface area contributed by atoms with Crippen LogP contribution in [-0.2, 0) is 13.1 Å². The lowest BCUT2D eigenvalue weighted by Gasteiger charge is -2.05. The molecule has 0 aromatic carbocycles. The first-order chi connectivity index (χ1) is 8.65. The summed E-state index contributed by atoms with van der Waals surface area (Å²) >= 11 is 7.34. The molecule has 2 aromatic heterocycles. The lowest BCUT2D eigenvalue weighted by Crippen LogP contribution is -2.17. The van der Waals surface area contributed by atoms with E-state index >= 15 is 0 Å². The van der Waals surface area contributed by atoms with E-state index in [-0.39, 0.29) is 0 Å². The van der Waals surface area contributed by atoms with Crippen LogP contribution in [0, 0.1) is 13.8 Å². The molecule has 0 saturated carbocycles. The van der Waals surface area contributed by atoms with E-state index in [2.05, 4.69) is 33.1 Å². The Hall–Kier alpha value is -0.910. The van der Waals surface area contributed by atoms with Crippen LogP contribution < -0.4 is 5.32 Å². The van der Waals surface area contributed by atoms with E-state index in [4.69, 9.17) is 11.6 Å².